The maximum Gasteiger partial charge on any atom is 0.244 e. The van der Waals surface area contributed by atoms with Gasteiger partial charge in [-0.2, -0.15) is 0 Å². The molecule has 0 aromatic heterocycles. The van der Waals surface area contributed by atoms with Crippen molar-refractivity contribution < 1.29 is 18.0 Å². The molecular formula is C25H30Cl2IN3O4S. The molecule has 1 N–H and O–H groups in total. The lowest BCUT2D eigenvalue weighted by Gasteiger charge is -2.33. The van der Waals surface area contributed by atoms with Gasteiger partial charge in [0.2, 0.25) is 21.8 Å². The van der Waals surface area contributed by atoms with Crippen LogP contribution in [0.1, 0.15) is 44.6 Å². The summed E-state index contributed by atoms with van der Waals surface area (Å²) in [5.41, 5.74) is 1.05. The average Bonchev–Trinajstić information content (AvgIpc) is 2.83. The van der Waals surface area contributed by atoms with Crippen molar-refractivity contribution in [2.75, 3.05) is 17.1 Å². The van der Waals surface area contributed by atoms with E-state index in [9.17, 15) is 18.0 Å². The monoisotopic (exact) mass is 665 g/mol. The normalized spacial score (nSPS) is 15.2. The fourth-order valence-electron chi connectivity index (χ4n) is 4.21. The molecule has 11 heteroatoms. The summed E-state index contributed by atoms with van der Waals surface area (Å²) < 4.78 is 27.2. The van der Waals surface area contributed by atoms with Crippen molar-refractivity contribution in [1.29, 1.82) is 0 Å². The molecule has 0 bridgehead atoms. The lowest BCUT2D eigenvalue weighted by molar-refractivity contribution is -0.139. The quantitative estimate of drug-likeness (QED) is 0.372. The van der Waals surface area contributed by atoms with Gasteiger partial charge in [-0.15, -0.1) is 0 Å². The first-order valence-electron chi connectivity index (χ1n) is 11.7. The molecule has 0 radical (unpaired) electrons. The van der Waals surface area contributed by atoms with Gasteiger partial charge in [0.15, 0.2) is 0 Å². The molecule has 1 fully saturated rings. The van der Waals surface area contributed by atoms with Crippen LogP contribution >= 0.6 is 45.8 Å². The Bertz CT molecular complexity index is 1190. The van der Waals surface area contributed by atoms with Crippen LogP contribution < -0.4 is 9.62 Å². The smallest absolute Gasteiger partial charge is 0.244 e. The van der Waals surface area contributed by atoms with E-state index in [2.05, 4.69) is 27.9 Å². The van der Waals surface area contributed by atoms with E-state index >= 15 is 0 Å². The highest BCUT2D eigenvalue weighted by atomic mass is 127. The van der Waals surface area contributed by atoms with Gasteiger partial charge in [0, 0.05) is 16.2 Å². The number of amides is 2. The Hall–Kier alpha value is -1.56. The first-order chi connectivity index (χ1) is 17.0. The van der Waals surface area contributed by atoms with Crippen LogP contribution in [0.3, 0.4) is 0 Å². The summed E-state index contributed by atoms with van der Waals surface area (Å²) in [4.78, 5) is 28.2. The molecule has 0 unspecified atom stereocenters. The fraction of sp³-hybridized carbons (Fsp3) is 0.440. The molecule has 0 saturated heterocycles. The molecule has 2 aromatic rings. The molecule has 36 heavy (non-hydrogen) atoms. The van der Waals surface area contributed by atoms with E-state index in [1.54, 1.807) is 49.4 Å². The van der Waals surface area contributed by atoms with Crippen molar-refractivity contribution in [3.05, 3.63) is 61.6 Å². The van der Waals surface area contributed by atoms with Crippen molar-refractivity contribution in [3.8, 4) is 0 Å². The van der Waals surface area contributed by atoms with Gasteiger partial charge in [0.05, 0.1) is 22.0 Å². The van der Waals surface area contributed by atoms with Crippen LogP contribution in [-0.2, 0) is 26.2 Å². The molecule has 0 heterocycles. The molecule has 7 nitrogen and oxygen atoms in total. The van der Waals surface area contributed by atoms with E-state index in [0.29, 0.717) is 21.3 Å². The minimum atomic E-state index is -3.77. The predicted molar refractivity (Wildman–Crippen MR) is 153 cm³/mol. The molecule has 0 spiro atoms. The third kappa shape index (κ3) is 7.97. The zero-order valence-corrected chi connectivity index (χ0v) is 24.7. The average molecular weight is 666 g/mol. The van der Waals surface area contributed by atoms with Crippen LogP contribution in [0.2, 0.25) is 10.0 Å². The molecule has 3 rings (SSSR count). The Morgan fingerprint density at radius 2 is 1.69 bits per heavy atom. The van der Waals surface area contributed by atoms with Gasteiger partial charge >= 0.3 is 0 Å². The summed E-state index contributed by atoms with van der Waals surface area (Å²) in [6.07, 6.45) is 6.15. The summed E-state index contributed by atoms with van der Waals surface area (Å²) in [5, 5.41) is 3.78. The van der Waals surface area contributed by atoms with Crippen molar-refractivity contribution in [1.82, 2.24) is 10.2 Å². The number of halogens is 3. The number of anilines is 1. The number of carbonyl (C=O) groups is 2. The van der Waals surface area contributed by atoms with Gasteiger partial charge in [-0.1, -0.05) is 48.5 Å². The molecule has 2 amide bonds. The second-order valence-corrected chi connectivity index (χ2v) is 13.0. The lowest BCUT2D eigenvalue weighted by atomic mass is 9.95. The van der Waals surface area contributed by atoms with Crippen molar-refractivity contribution in [2.45, 2.75) is 57.7 Å². The minimum absolute atomic E-state index is 0.0687. The van der Waals surface area contributed by atoms with Crippen LogP contribution in [0.5, 0.6) is 0 Å². The lowest BCUT2D eigenvalue weighted by Crippen LogP contribution is -2.52. The zero-order chi connectivity index (χ0) is 26.5. The topological polar surface area (TPSA) is 86.8 Å². The van der Waals surface area contributed by atoms with Crippen LogP contribution in [-0.4, -0.2) is 50.0 Å². The Kier molecular flexibility index (Phi) is 10.3. The SMILES string of the molecule is C[C@H](C(=O)NC1CCCCC1)N(Cc1ccc(Cl)c(Cl)c1)C(=O)CN(c1ccc(I)cc1)S(C)(=O)=O. The highest BCUT2D eigenvalue weighted by Crippen LogP contribution is 2.25. The van der Waals surface area contributed by atoms with Gasteiger partial charge in [0.1, 0.15) is 12.6 Å². The van der Waals surface area contributed by atoms with E-state index in [4.69, 9.17) is 23.2 Å². The van der Waals surface area contributed by atoms with Gasteiger partial charge in [-0.05, 0) is 84.3 Å². The fourth-order valence-corrected chi connectivity index (χ4v) is 5.74. The van der Waals surface area contributed by atoms with Crippen molar-refractivity contribution in [2.24, 2.45) is 0 Å². The number of benzene rings is 2. The highest BCUT2D eigenvalue weighted by molar-refractivity contribution is 14.1. The Morgan fingerprint density at radius 1 is 1.06 bits per heavy atom. The number of nitrogens with zero attached hydrogens (tertiary/aromatic N) is 2. The van der Waals surface area contributed by atoms with Crippen LogP contribution in [0.15, 0.2) is 42.5 Å². The second kappa shape index (κ2) is 12.8. The number of nitrogens with one attached hydrogen (secondary N) is 1. The molecule has 1 saturated carbocycles. The largest absolute Gasteiger partial charge is 0.352 e. The maximum atomic E-state index is 13.6. The zero-order valence-electron chi connectivity index (χ0n) is 20.2. The molecule has 1 aliphatic rings. The summed E-state index contributed by atoms with van der Waals surface area (Å²) in [6.45, 7) is 1.28. The molecule has 1 aliphatic carbocycles. The van der Waals surface area contributed by atoms with Crippen LogP contribution in [0.25, 0.3) is 0 Å². The summed E-state index contributed by atoms with van der Waals surface area (Å²) in [6, 6.07) is 11.1. The molecule has 1 atom stereocenters. The predicted octanol–water partition coefficient (Wildman–Crippen LogP) is 5.23. The molecule has 2 aromatic carbocycles. The molecule has 196 valence electrons. The maximum absolute atomic E-state index is 13.6. The van der Waals surface area contributed by atoms with Gasteiger partial charge < -0.3 is 10.2 Å². The van der Waals surface area contributed by atoms with Gasteiger partial charge in [-0.3, -0.25) is 13.9 Å². The van der Waals surface area contributed by atoms with E-state index < -0.39 is 28.5 Å². The number of hydrogen-bond acceptors (Lipinski definition) is 4. The van der Waals surface area contributed by atoms with E-state index in [0.717, 1.165) is 46.2 Å². The second-order valence-electron chi connectivity index (χ2n) is 9.04. The Labute approximate surface area is 236 Å². The standard InChI is InChI=1S/C25H30Cl2IN3O4S/c1-17(25(33)29-20-6-4-3-5-7-20)30(15-18-8-13-22(26)23(27)14-18)24(32)16-31(36(2,34)35)21-11-9-19(28)10-12-21/h8-14,17,20H,3-7,15-16H2,1-2H3,(H,29,33)/t17-/m1/s1. The third-order valence-electron chi connectivity index (χ3n) is 6.25. The number of carbonyl (C=O) groups excluding carboxylic acids is 2. The van der Waals surface area contributed by atoms with Crippen molar-refractivity contribution >= 4 is 73.3 Å². The first-order valence-corrected chi connectivity index (χ1v) is 15.4. The molecule has 0 aliphatic heterocycles. The highest BCUT2D eigenvalue weighted by Gasteiger charge is 2.31. The third-order valence-corrected chi connectivity index (χ3v) is 8.85. The summed E-state index contributed by atoms with van der Waals surface area (Å²) in [7, 11) is -3.77. The Morgan fingerprint density at radius 3 is 2.28 bits per heavy atom. The van der Waals surface area contributed by atoms with E-state index in [1.165, 1.54) is 4.90 Å². The van der Waals surface area contributed by atoms with Crippen LogP contribution in [0, 0.1) is 3.57 Å². The molecular weight excluding hydrogens is 636 g/mol. The summed E-state index contributed by atoms with van der Waals surface area (Å²) in [5.74, 6) is -0.771. The van der Waals surface area contributed by atoms with Crippen molar-refractivity contribution in [3.63, 3.8) is 0 Å². The number of sulfonamides is 1. The van der Waals surface area contributed by atoms with Gasteiger partial charge in [0.25, 0.3) is 0 Å². The van der Waals surface area contributed by atoms with E-state index in [1.807, 2.05) is 0 Å². The minimum Gasteiger partial charge on any atom is -0.352 e. The number of hydrogen-bond donors (Lipinski definition) is 1. The first kappa shape index (κ1) is 29.0. The van der Waals surface area contributed by atoms with E-state index in [-0.39, 0.29) is 18.5 Å². The number of rotatable bonds is 9. The Balaban J connectivity index is 1.88. The van der Waals surface area contributed by atoms with Crippen LogP contribution in [0.4, 0.5) is 5.69 Å². The summed E-state index contributed by atoms with van der Waals surface area (Å²) >= 11 is 14.4. The van der Waals surface area contributed by atoms with Gasteiger partial charge in [-0.25, -0.2) is 8.42 Å².